The number of carbonyl (C=O) groups is 1. The van der Waals surface area contributed by atoms with E-state index in [4.69, 9.17) is 16.3 Å². The molecule has 226 valence electrons. The number of anilines is 1. The fraction of sp³-hybridized carbons (Fsp3) is 0.263. The van der Waals surface area contributed by atoms with Gasteiger partial charge in [-0.2, -0.15) is 5.26 Å². The molecule has 4 aromatic carbocycles. The number of halogens is 2. The number of hydrogen-bond donors (Lipinski definition) is 1. The number of nitrogens with one attached hydrogen (secondary N) is 1. The van der Waals surface area contributed by atoms with Crippen LogP contribution in [0, 0.1) is 14.9 Å². The molecule has 1 unspecified atom stereocenters. The predicted molar refractivity (Wildman–Crippen MR) is 175 cm³/mol. The van der Waals surface area contributed by atoms with E-state index < -0.39 is 5.60 Å². The summed E-state index contributed by atoms with van der Waals surface area (Å²) < 4.78 is 10.7. The van der Waals surface area contributed by atoms with Crippen LogP contribution in [0.4, 0.5) is 5.69 Å². The van der Waals surface area contributed by atoms with Crippen LogP contribution in [0.3, 0.4) is 0 Å². The van der Waals surface area contributed by atoms with Crippen LogP contribution in [-0.2, 0) is 15.1 Å². The molecule has 44 heavy (non-hydrogen) atoms. The molecule has 5 rings (SSSR count). The number of unbranched alkanes of at least 4 members (excludes halogenated alkanes) is 2. The third kappa shape index (κ3) is 8.18. The van der Waals surface area contributed by atoms with Gasteiger partial charge in [0.15, 0.2) is 0 Å². The minimum atomic E-state index is -0.585. The molecule has 1 aliphatic heterocycles. The van der Waals surface area contributed by atoms with E-state index in [1.807, 2.05) is 36.4 Å². The van der Waals surface area contributed by atoms with Gasteiger partial charge in [0.25, 0.3) is 0 Å². The molecule has 0 bridgehead atoms. The van der Waals surface area contributed by atoms with Crippen molar-refractivity contribution in [3.05, 3.63) is 126 Å². The summed E-state index contributed by atoms with van der Waals surface area (Å²) in [6, 6.07) is 34.3. The molecule has 0 fully saturated rings. The van der Waals surface area contributed by atoms with E-state index in [1.165, 1.54) is 14.7 Å². The van der Waals surface area contributed by atoms with Crippen LogP contribution < -0.4 is 26.5 Å². The van der Waals surface area contributed by atoms with Crippen molar-refractivity contribution in [2.24, 2.45) is 0 Å². The second kappa shape index (κ2) is 15.5. The van der Waals surface area contributed by atoms with Crippen molar-refractivity contribution in [3.63, 3.8) is 0 Å². The van der Waals surface area contributed by atoms with Crippen molar-refractivity contribution in [1.29, 1.82) is 5.26 Å². The maximum absolute atomic E-state index is 13.0. The Balaban J connectivity index is 1.30. The van der Waals surface area contributed by atoms with Gasteiger partial charge in [-0.3, -0.25) is 0 Å². The number of ether oxygens (including phenoxy) is 1. The molecule has 1 N–H and O–H groups in total. The molecular formula is C38H37ClIN2O2-. The zero-order chi connectivity index (χ0) is 30.8. The standard InChI is InChI=1S/C38H37ClIN2O2/c1-2-21-38(44-27-37(43)42-34-14-9-13-33(39)24-34,22-7-3-4-11-31-25-40-36-16-6-5-15-35(31)36)32-19-17-29(18-20-32)30-12-8-10-28(23-30)26-41/h5-6,8-10,12-20,23-25H,2-4,7,11,21-22,27H2,1H3,(H,42,43)/q-1. The van der Waals surface area contributed by atoms with Crippen LogP contribution in [-0.4, -0.2) is 12.5 Å². The Bertz CT molecular complexity index is 1660. The molecule has 4 nitrogen and oxygen atoms in total. The summed E-state index contributed by atoms with van der Waals surface area (Å²) >= 11 is 6.12. The number of amides is 1. The van der Waals surface area contributed by atoms with Crippen molar-refractivity contribution in [2.75, 3.05) is 11.9 Å². The first-order valence-electron chi connectivity index (χ1n) is 15.2. The van der Waals surface area contributed by atoms with Gasteiger partial charge in [0, 0.05) is 10.7 Å². The quantitative estimate of drug-likeness (QED) is 0.116. The first kappa shape index (κ1) is 32.0. The van der Waals surface area contributed by atoms with Gasteiger partial charge in [-0.25, -0.2) is 0 Å². The number of nitrogens with zero attached hydrogens (tertiary/aromatic N) is 1. The predicted octanol–water partition coefficient (Wildman–Crippen LogP) is 6.79. The molecule has 4 aromatic rings. The van der Waals surface area contributed by atoms with Gasteiger partial charge in [-0.05, 0) is 35.9 Å². The first-order chi connectivity index (χ1) is 21.5. The minimum absolute atomic E-state index is 0.00244. The first-order valence-corrected chi connectivity index (χ1v) is 17.9. The van der Waals surface area contributed by atoms with Gasteiger partial charge in [0.05, 0.1) is 11.6 Å². The second-order valence-electron chi connectivity index (χ2n) is 11.1. The number of hydrogen-bond acceptors (Lipinski definition) is 3. The average molecular weight is 716 g/mol. The van der Waals surface area contributed by atoms with E-state index in [0.717, 1.165) is 61.6 Å². The monoisotopic (exact) mass is 715 g/mol. The number of carbonyl (C=O) groups excluding carboxylic acids is 1. The Morgan fingerprint density at radius 3 is 2.52 bits per heavy atom. The molecule has 0 aliphatic carbocycles. The molecule has 6 heteroatoms. The third-order valence-corrected chi connectivity index (χ3v) is 10.9. The normalized spacial score (nSPS) is 13.6. The molecule has 0 spiro atoms. The topological polar surface area (TPSA) is 62.1 Å². The van der Waals surface area contributed by atoms with Crippen LogP contribution >= 0.6 is 11.6 Å². The molecule has 1 heterocycles. The van der Waals surface area contributed by atoms with Crippen molar-refractivity contribution in [2.45, 2.75) is 57.5 Å². The van der Waals surface area contributed by atoms with E-state index in [-0.39, 0.29) is 33.7 Å². The van der Waals surface area contributed by atoms with Crippen LogP contribution in [0.25, 0.3) is 16.7 Å². The number of nitriles is 1. The number of fused-ring (bicyclic) bond motifs is 1. The van der Waals surface area contributed by atoms with Gasteiger partial charge in [-0.1, -0.05) is 29.8 Å². The van der Waals surface area contributed by atoms with Crippen molar-refractivity contribution in [1.82, 2.24) is 0 Å². The van der Waals surface area contributed by atoms with Crippen molar-refractivity contribution >= 4 is 28.8 Å². The van der Waals surface area contributed by atoms with E-state index in [0.29, 0.717) is 16.3 Å². The van der Waals surface area contributed by atoms with E-state index in [2.05, 4.69) is 70.9 Å². The van der Waals surface area contributed by atoms with E-state index in [9.17, 15) is 10.1 Å². The van der Waals surface area contributed by atoms with Gasteiger partial charge in [0.2, 0.25) is 0 Å². The molecule has 0 saturated carbocycles. The summed E-state index contributed by atoms with van der Waals surface area (Å²) in [4.78, 5) is 13.0. The number of benzene rings is 4. The van der Waals surface area contributed by atoms with Crippen LogP contribution in [0.15, 0.2) is 101 Å². The number of allylic oxidation sites excluding steroid dienone is 1. The zero-order valence-electron chi connectivity index (χ0n) is 25.0. The molecule has 0 saturated heterocycles. The Kier molecular flexibility index (Phi) is 11.3. The summed E-state index contributed by atoms with van der Waals surface area (Å²) in [6.45, 7) is 2.12. The fourth-order valence-electron chi connectivity index (χ4n) is 5.84. The zero-order valence-corrected chi connectivity index (χ0v) is 27.9. The summed E-state index contributed by atoms with van der Waals surface area (Å²) in [5.41, 5.74) is 6.80. The fourth-order valence-corrected chi connectivity index (χ4v) is 8.66. The summed E-state index contributed by atoms with van der Waals surface area (Å²) in [7, 11) is 0. The van der Waals surface area contributed by atoms with Gasteiger partial charge in [0.1, 0.15) is 0 Å². The van der Waals surface area contributed by atoms with E-state index >= 15 is 0 Å². The Morgan fingerprint density at radius 2 is 1.73 bits per heavy atom. The molecule has 1 atom stereocenters. The van der Waals surface area contributed by atoms with Crippen LogP contribution in [0.2, 0.25) is 5.02 Å². The molecule has 0 aromatic heterocycles. The second-order valence-corrected chi connectivity index (χ2v) is 14.0. The molecule has 1 aliphatic rings. The maximum atomic E-state index is 13.0. The molecule has 1 amide bonds. The third-order valence-electron chi connectivity index (χ3n) is 8.03. The van der Waals surface area contributed by atoms with Gasteiger partial charge >= 0.3 is 184 Å². The summed E-state index contributed by atoms with van der Waals surface area (Å²) in [5, 5.41) is 12.8. The Morgan fingerprint density at radius 1 is 0.909 bits per heavy atom. The SMILES string of the molecule is CCCC(CCCCCC1=C[I-]c2ccccc21)(OCC(=O)Nc1cccc(Cl)c1)c1ccc(-c2cccc(C#N)c2)cc1. The summed E-state index contributed by atoms with van der Waals surface area (Å²) in [6.07, 6.45) is 6.91. The molecular weight excluding hydrogens is 679 g/mol. The number of rotatable bonds is 14. The van der Waals surface area contributed by atoms with Gasteiger partial charge < -0.3 is 0 Å². The van der Waals surface area contributed by atoms with E-state index in [1.54, 1.807) is 12.1 Å². The average Bonchev–Trinajstić information content (AvgIpc) is 3.46. The Hall–Kier alpha value is -3.44. The molecule has 0 radical (unpaired) electrons. The van der Waals surface area contributed by atoms with Crippen molar-refractivity contribution < 1.29 is 30.7 Å². The van der Waals surface area contributed by atoms with Crippen LogP contribution in [0.1, 0.15) is 68.6 Å². The summed E-state index contributed by atoms with van der Waals surface area (Å²) in [5.74, 6) is -0.201. The van der Waals surface area contributed by atoms with Crippen LogP contribution in [0.5, 0.6) is 0 Å². The van der Waals surface area contributed by atoms with Crippen molar-refractivity contribution in [3.8, 4) is 17.2 Å². The Labute approximate surface area is 276 Å². The van der Waals surface area contributed by atoms with Gasteiger partial charge in [-0.15, -0.1) is 0 Å².